The first-order valence-electron chi connectivity index (χ1n) is 11.2. The van der Waals surface area contributed by atoms with Crippen LogP contribution in [0.15, 0.2) is 89.8 Å². The van der Waals surface area contributed by atoms with Crippen LogP contribution in [0.3, 0.4) is 0 Å². The second-order valence-electron chi connectivity index (χ2n) is 8.49. The predicted octanol–water partition coefficient (Wildman–Crippen LogP) is 4.68. The first kappa shape index (κ1) is 23.3. The van der Waals surface area contributed by atoms with Crippen LogP contribution in [-0.4, -0.2) is 34.9 Å². The summed E-state index contributed by atoms with van der Waals surface area (Å²) in [5.74, 6) is -0.0771. The van der Waals surface area contributed by atoms with E-state index in [9.17, 15) is 28.1 Å². The van der Waals surface area contributed by atoms with Crippen LogP contribution in [0, 0.1) is 10.1 Å². The molecule has 1 aromatic heterocycles. The topological polar surface area (TPSA) is 149 Å². The summed E-state index contributed by atoms with van der Waals surface area (Å²) in [6.07, 6.45) is 0. The lowest BCUT2D eigenvalue weighted by Crippen LogP contribution is -2.21. The standard InChI is InChI=1S/C27H15N3O7S/c31-25-19-3-1-2-4-20(19)26(32)23-21(25)13-14-22-24(23)29-27(28-22)15-5-9-17(10-6-15)37-38(35,36)18-11-7-16(8-12-18)30(33)34/h1-14H,(H,28,29). The summed E-state index contributed by atoms with van der Waals surface area (Å²) in [5.41, 5.74) is 2.51. The lowest BCUT2D eigenvalue weighted by atomic mass is 9.83. The summed E-state index contributed by atoms with van der Waals surface area (Å²) < 4.78 is 30.3. The van der Waals surface area contributed by atoms with Gasteiger partial charge in [-0.15, -0.1) is 0 Å². The van der Waals surface area contributed by atoms with Crippen LogP contribution >= 0.6 is 0 Å². The van der Waals surface area contributed by atoms with E-state index in [2.05, 4.69) is 9.97 Å². The Balaban J connectivity index is 1.30. The Kier molecular flexibility index (Phi) is 5.17. The van der Waals surface area contributed by atoms with Gasteiger partial charge in [0.25, 0.3) is 5.69 Å². The summed E-state index contributed by atoms with van der Waals surface area (Å²) in [6.45, 7) is 0. The van der Waals surface area contributed by atoms with E-state index in [0.29, 0.717) is 39.1 Å². The first-order valence-corrected chi connectivity index (χ1v) is 12.6. The second kappa shape index (κ2) is 8.46. The molecule has 0 fully saturated rings. The minimum absolute atomic E-state index is 0.0259. The van der Waals surface area contributed by atoms with Gasteiger partial charge in [0.2, 0.25) is 0 Å². The van der Waals surface area contributed by atoms with E-state index in [4.69, 9.17) is 4.18 Å². The molecule has 0 aliphatic heterocycles. The van der Waals surface area contributed by atoms with E-state index < -0.39 is 15.0 Å². The van der Waals surface area contributed by atoms with Gasteiger partial charge < -0.3 is 9.17 Å². The zero-order valence-electron chi connectivity index (χ0n) is 19.2. The molecular weight excluding hydrogens is 510 g/mol. The van der Waals surface area contributed by atoms with Gasteiger partial charge in [0.15, 0.2) is 11.6 Å². The third-order valence-electron chi connectivity index (χ3n) is 6.21. The molecule has 10 nitrogen and oxygen atoms in total. The highest BCUT2D eigenvalue weighted by Crippen LogP contribution is 2.33. The van der Waals surface area contributed by atoms with Crippen LogP contribution < -0.4 is 4.18 Å². The average Bonchev–Trinajstić information content (AvgIpc) is 3.36. The summed E-state index contributed by atoms with van der Waals surface area (Å²) in [6, 6.07) is 20.4. The molecular formula is C27H15N3O7S. The highest BCUT2D eigenvalue weighted by atomic mass is 32.2. The SMILES string of the molecule is O=C1c2ccccc2C(=O)c2c1ccc1[nH]c(-c3ccc(OS(=O)(=O)c4ccc([N+](=O)[O-])cc4)cc3)nc21. The molecule has 186 valence electrons. The number of non-ortho nitro benzene ring substituents is 1. The van der Waals surface area contributed by atoms with Gasteiger partial charge in [-0.1, -0.05) is 24.3 Å². The number of nitro benzene ring substituents is 1. The number of hydrogen-bond donors (Lipinski definition) is 1. The number of aromatic amines is 1. The molecule has 5 aromatic rings. The van der Waals surface area contributed by atoms with Crippen LogP contribution in [0.25, 0.3) is 22.4 Å². The van der Waals surface area contributed by atoms with Crippen LogP contribution in [0.5, 0.6) is 5.75 Å². The number of nitro groups is 1. The number of rotatable bonds is 5. The van der Waals surface area contributed by atoms with E-state index >= 15 is 0 Å². The van der Waals surface area contributed by atoms with Gasteiger partial charge in [0.05, 0.1) is 16.0 Å². The molecule has 1 heterocycles. The van der Waals surface area contributed by atoms with Crippen molar-refractivity contribution in [2.75, 3.05) is 0 Å². The van der Waals surface area contributed by atoms with Crippen molar-refractivity contribution >= 4 is 38.4 Å². The molecule has 0 saturated heterocycles. The molecule has 6 rings (SSSR count). The number of nitrogens with zero attached hydrogens (tertiary/aromatic N) is 2. The maximum atomic E-state index is 13.2. The number of aromatic nitrogens is 2. The van der Waals surface area contributed by atoms with Gasteiger partial charge >= 0.3 is 10.1 Å². The number of fused-ring (bicyclic) bond motifs is 4. The minimum atomic E-state index is -4.22. The molecule has 1 aliphatic rings. The highest BCUT2D eigenvalue weighted by molar-refractivity contribution is 7.87. The van der Waals surface area contributed by atoms with Crippen LogP contribution in [-0.2, 0) is 10.1 Å². The molecule has 1 aliphatic carbocycles. The molecule has 0 amide bonds. The van der Waals surface area contributed by atoms with E-state index in [-0.39, 0.29) is 33.5 Å². The summed E-state index contributed by atoms with van der Waals surface area (Å²) in [5, 5.41) is 10.8. The molecule has 4 aromatic carbocycles. The Labute approximate surface area is 214 Å². The van der Waals surface area contributed by atoms with Crippen LogP contribution in [0.4, 0.5) is 5.69 Å². The average molecular weight is 525 g/mol. The quantitative estimate of drug-likeness (QED) is 0.194. The molecule has 0 saturated carbocycles. The van der Waals surface area contributed by atoms with Crippen molar-refractivity contribution < 1.29 is 27.1 Å². The molecule has 0 radical (unpaired) electrons. The zero-order chi connectivity index (χ0) is 26.6. The highest BCUT2D eigenvalue weighted by Gasteiger charge is 2.32. The zero-order valence-corrected chi connectivity index (χ0v) is 20.1. The molecule has 0 atom stereocenters. The van der Waals surface area contributed by atoms with Crippen molar-refractivity contribution in [3.05, 3.63) is 117 Å². The summed E-state index contributed by atoms with van der Waals surface area (Å²) >= 11 is 0. The minimum Gasteiger partial charge on any atom is -0.379 e. The Hall–Kier alpha value is -5.16. The van der Waals surface area contributed by atoms with Crippen molar-refractivity contribution in [3.8, 4) is 17.1 Å². The third-order valence-corrected chi connectivity index (χ3v) is 7.47. The smallest absolute Gasteiger partial charge is 0.339 e. The van der Waals surface area contributed by atoms with Crippen molar-refractivity contribution in [2.45, 2.75) is 4.90 Å². The number of carbonyl (C=O) groups is 2. The maximum Gasteiger partial charge on any atom is 0.339 e. The number of H-pyrrole nitrogens is 1. The fourth-order valence-corrected chi connectivity index (χ4v) is 5.30. The van der Waals surface area contributed by atoms with Crippen molar-refractivity contribution in [3.63, 3.8) is 0 Å². The number of carbonyl (C=O) groups excluding carboxylic acids is 2. The number of hydrogen-bond acceptors (Lipinski definition) is 8. The fourth-order valence-electron chi connectivity index (χ4n) is 4.37. The van der Waals surface area contributed by atoms with Crippen LogP contribution in [0.2, 0.25) is 0 Å². The van der Waals surface area contributed by atoms with E-state index in [1.807, 2.05) is 0 Å². The molecule has 38 heavy (non-hydrogen) atoms. The van der Waals surface area contributed by atoms with Crippen LogP contribution in [0.1, 0.15) is 31.8 Å². The van der Waals surface area contributed by atoms with Gasteiger partial charge in [-0.05, 0) is 48.5 Å². The second-order valence-corrected chi connectivity index (χ2v) is 10.0. The number of ketones is 2. The Bertz CT molecular complexity index is 1910. The van der Waals surface area contributed by atoms with Gasteiger partial charge in [0, 0.05) is 34.4 Å². The van der Waals surface area contributed by atoms with Crippen molar-refractivity contribution in [1.82, 2.24) is 9.97 Å². The number of imidazole rings is 1. The summed E-state index contributed by atoms with van der Waals surface area (Å²) in [7, 11) is -4.22. The molecule has 0 bridgehead atoms. The molecule has 0 unspecified atom stereocenters. The Morgan fingerprint density at radius 1 is 0.789 bits per heavy atom. The monoisotopic (exact) mass is 525 g/mol. The van der Waals surface area contributed by atoms with E-state index in [1.54, 1.807) is 48.5 Å². The molecule has 0 spiro atoms. The van der Waals surface area contributed by atoms with Gasteiger partial charge in [0.1, 0.15) is 22.0 Å². The summed E-state index contributed by atoms with van der Waals surface area (Å²) in [4.78, 5) is 43.9. The first-order chi connectivity index (χ1) is 18.2. The van der Waals surface area contributed by atoms with E-state index in [1.165, 1.54) is 12.1 Å². The Morgan fingerprint density at radius 3 is 2.11 bits per heavy atom. The van der Waals surface area contributed by atoms with Gasteiger partial charge in [-0.3, -0.25) is 19.7 Å². The van der Waals surface area contributed by atoms with Gasteiger partial charge in [-0.25, -0.2) is 4.98 Å². The van der Waals surface area contributed by atoms with Crippen molar-refractivity contribution in [1.29, 1.82) is 0 Å². The van der Waals surface area contributed by atoms with E-state index in [0.717, 1.165) is 24.3 Å². The third kappa shape index (κ3) is 3.73. The number of benzene rings is 4. The lowest BCUT2D eigenvalue weighted by molar-refractivity contribution is -0.384. The normalized spacial score (nSPS) is 12.7. The largest absolute Gasteiger partial charge is 0.379 e. The maximum absolute atomic E-state index is 13.2. The Morgan fingerprint density at radius 2 is 1.45 bits per heavy atom. The predicted molar refractivity (Wildman–Crippen MR) is 136 cm³/mol. The number of nitrogens with one attached hydrogen (secondary N) is 1. The van der Waals surface area contributed by atoms with Gasteiger partial charge in [-0.2, -0.15) is 8.42 Å². The molecule has 1 N–H and O–H groups in total. The van der Waals surface area contributed by atoms with Crippen molar-refractivity contribution in [2.24, 2.45) is 0 Å². The fraction of sp³-hybridized carbons (Fsp3) is 0. The molecule has 11 heteroatoms. The lowest BCUT2D eigenvalue weighted by Gasteiger charge is -2.17.